The van der Waals surface area contributed by atoms with Crippen molar-refractivity contribution in [1.82, 2.24) is 9.80 Å². The van der Waals surface area contributed by atoms with E-state index in [1.54, 1.807) is 0 Å². The minimum Gasteiger partial charge on any atom is -0.345 e. The smallest absolute Gasteiger partial charge is 0.222 e. The third-order valence-corrected chi connectivity index (χ3v) is 3.66. The van der Waals surface area contributed by atoms with Crippen molar-refractivity contribution < 1.29 is 9.18 Å². The van der Waals surface area contributed by atoms with E-state index in [0.717, 1.165) is 31.6 Å². The van der Waals surface area contributed by atoms with Crippen molar-refractivity contribution in [3.63, 3.8) is 0 Å². The van der Waals surface area contributed by atoms with E-state index in [2.05, 4.69) is 11.9 Å². The molecule has 0 spiro atoms. The lowest BCUT2D eigenvalue weighted by molar-refractivity contribution is -0.133. The standard InChI is InChI=1S/C15H21FN2O/c1-17(9-12-3-6-14(16)7-4-12)10-13-5-8-15(19)18(2)11-13/h3-4,6-7,13H,5,8-11H2,1-2H3. The van der Waals surface area contributed by atoms with Crippen LogP contribution in [0.3, 0.4) is 0 Å². The Bertz CT molecular complexity index is 432. The zero-order chi connectivity index (χ0) is 13.8. The highest BCUT2D eigenvalue weighted by atomic mass is 19.1. The van der Waals surface area contributed by atoms with Gasteiger partial charge in [-0.15, -0.1) is 0 Å². The number of amides is 1. The van der Waals surface area contributed by atoms with Gasteiger partial charge in [-0.3, -0.25) is 4.79 Å². The number of carbonyl (C=O) groups excluding carboxylic acids is 1. The van der Waals surface area contributed by atoms with Gasteiger partial charge in [0.2, 0.25) is 5.91 Å². The fourth-order valence-electron chi connectivity index (χ4n) is 2.65. The second-order valence-electron chi connectivity index (χ2n) is 5.50. The molecule has 2 rings (SSSR count). The van der Waals surface area contributed by atoms with E-state index in [4.69, 9.17) is 0 Å². The summed E-state index contributed by atoms with van der Waals surface area (Å²) in [7, 11) is 3.94. The summed E-state index contributed by atoms with van der Waals surface area (Å²) in [5.74, 6) is 0.587. The van der Waals surface area contributed by atoms with E-state index in [9.17, 15) is 9.18 Å². The molecule has 3 nitrogen and oxygen atoms in total. The van der Waals surface area contributed by atoms with Gasteiger partial charge < -0.3 is 9.80 Å². The molecular formula is C15H21FN2O. The van der Waals surface area contributed by atoms with E-state index in [-0.39, 0.29) is 11.7 Å². The third kappa shape index (κ3) is 4.03. The lowest BCUT2D eigenvalue weighted by atomic mass is 9.97. The number of hydrogen-bond acceptors (Lipinski definition) is 2. The summed E-state index contributed by atoms with van der Waals surface area (Å²) in [6.45, 7) is 2.62. The van der Waals surface area contributed by atoms with Crippen LogP contribution >= 0.6 is 0 Å². The van der Waals surface area contributed by atoms with Gasteiger partial charge in [0.25, 0.3) is 0 Å². The van der Waals surface area contributed by atoms with Crippen LogP contribution < -0.4 is 0 Å². The molecule has 0 saturated carbocycles. The molecule has 1 aliphatic rings. The first-order chi connectivity index (χ1) is 9.04. The molecule has 1 unspecified atom stereocenters. The van der Waals surface area contributed by atoms with Gasteiger partial charge in [-0.2, -0.15) is 0 Å². The fourth-order valence-corrected chi connectivity index (χ4v) is 2.65. The quantitative estimate of drug-likeness (QED) is 0.831. The molecule has 0 aliphatic carbocycles. The number of benzene rings is 1. The Morgan fingerprint density at radius 1 is 1.37 bits per heavy atom. The summed E-state index contributed by atoms with van der Waals surface area (Å²) in [6, 6.07) is 6.64. The highest BCUT2D eigenvalue weighted by Gasteiger charge is 2.23. The molecule has 1 aromatic rings. The number of hydrogen-bond donors (Lipinski definition) is 0. The van der Waals surface area contributed by atoms with Crippen LogP contribution in [0.1, 0.15) is 18.4 Å². The summed E-state index contributed by atoms with van der Waals surface area (Å²) < 4.78 is 12.8. The maximum absolute atomic E-state index is 12.8. The fraction of sp³-hybridized carbons (Fsp3) is 0.533. The molecule has 0 radical (unpaired) electrons. The predicted octanol–water partition coefficient (Wildman–Crippen LogP) is 2.13. The molecule has 1 saturated heterocycles. The summed E-state index contributed by atoms with van der Waals surface area (Å²) in [6.07, 6.45) is 1.63. The normalized spacial score (nSPS) is 20.1. The number of halogens is 1. The molecule has 0 bridgehead atoms. The van der Waals surface area contributed by atoms with Gasteiger partial charge in [0.05, 0.1) is 0 Å². The Labute approximate surface area is 114 Å². The summed E-state index contributed by atoms with van der Waals surface area (Å²) in [5, 5.41) is 0. The largest absolute Gasteiger partial charge is 0.345 e. The van der Waals surface area contributed by atoms with Crippen LogP contribution in [0, 0.1) is 11.7 Å². The number of piperidine rings is 1. The molecule has 0 aromatic heterocycles. The Morgan fingerprint density at radius 2 is 2.05 bits per heavy atom. The predicted molar refractivity (Wildman–Crippen MR) is 73.1 cm³/mol. The zero-order valence-electron chi connectivity index (χ0n) is 11.6. The Hall–Kier alpha value is -1.42. The van der Waals surface area contributed by atoms with Gasteiger partial charge in [0.15, 0.2) is 0 Å². The first kappa shape index (κ1) is 14.0. The second kappa shape index (κ2) is 6.15. The number of carbonyl (C=O) groups is 1. The molecule has 1 aromatic carbocycles. The third-order valence-electron chi connectivity index (χ3n) is 3.66. The molecule has 4 heteroatoms. The van der Waals surface area contributed by atoms with E-state index >= 15 is 0 Å². The lowest BCUT2D eigenvalue weighted by Gasteiger charge is -2.32. The Kier molecular flexibility index (Phi) is 4.53. The van der Waals surface area contributed by atoms with E-state index in [1.165, 1.54) is 12.1 Å². The molecule has 104 valence electrons. The molecule has 1 fully saturated rings. The first-order valence-corrected chi connectivity index (χ1v) is 6.71. The van der Waals surface area contributed by atoms with Gasteiger partial charge in [0.1, 0.15) is 5.82 Å². The lowest BCUT2D eigenvalue weighted by Crippen LogP contribution is -2.41. The SMILES string of the molecule is CN(Cc1ccc(F)cc1)CC1CCC(=O)N(C)C1. The first-order valence-electron chi connectivity index (χ1n) is 6.71. The van der Waals surface area contributed by atoms with Crippen molar-refractivity contribution in [1.29, 1.82) is 0 Å². The molecule has 1 aliphatic heterocycles. The van der Waals surface area contributed by atoms with E-state index < -0.39 is 0 Å². The van der Waals surface area contributed by atoms with Crippen molar-refractivity contribution in [2.45, 2.75) is 19.4 Å². The van der Waals surface area contributed by atoms with Crippen molar-refractivity contribution in [3.8, 4) is 0 Å². The molecular weight excluding hydrogens is 243 g/mol. The van der Waals surface area contributed by atoms with Crippen LogP contribution in [-0.2, 0) is 11.3 Å². The molecule has 1 atom stereocenters. The molecule has 19 heavy (non-hydrogen) atoms. The van der Waals surface area contributed by atoms with Gasteiger partial charge >= 0.3 is 0 Å². The summed E-state index contributed by atoms with van der Waals surface area (Å²) in [4.78, 5) is 15.5. The highest BCUT2D eigenvalue weighted by Crippen LogP contribution is 2.18. The maximum Gasteiger partial charge on any atom is 0.222 e. The van der Waals surface area contributed by atoms with Gasteiger partial charge in [-0.25, -0.2) is 4.39 Å². The zero-order valence-corrected chi connectivity index (χ0v) is 11.6. The van der Waals surface area contributed by atoms with Crippen LogP contribution in [0.5, 0.6) is 0 Å². The van der Waals surface area contributed by atoms with Crippen LogP contribution in [0.2, 0.25) is 0 Å². The van der Waals surface area contributed by atoms with E-state index in [0.29, 0.717) is 12.3 Å². The van der Waals surface area contributed by atoms with Crippen molar-refractivity contribution in [2.24, 2.45) is 5.92 Å². The van der Waals surface area contributed by atoms with Crippen molar-refractivity contribution in [2.75, 3.05) is 27.2 Å². The maximum atomic E-state index is 12.8. The Morgan fingerprint density at radius 3 is 2.68 bits per heavy atom. The number of likely N-dealkylation sites (tertiary alicyclic amines) is 1. The van der Waals surface area contributed by atoms with Crippen LogP contribution in [0.15, 0.2) is 24.3 Å². The van der Waals surface area contributed by atoms with Crippen molar-refractivity contribution >= 4 is 5.91 Å². The highest BCUT2D eigenvalue weighted by molar-refractivity contribution is 5.76. The van der Waals surface area contributed by atoms with E-state index in [1.807, 2.05) is 24.1 Å². The summed E-state index contributed by atoms with van der Waals surface area (Å²) >= 11 is 0. The molecule has 1 amide bonds. The second-order valence-corrected chi connectivity index (χ2v) is 5.50. The number of nitrogens with zero attached hydrogens (tertiary/aromatic N) is 2. The Balaban J connectivity index is 1.82. The monoisotopic (exact) mass is 264 g/mol. The average molecular weight is 264 g/mol. The number of rotatable bonds is 4. The van der Waals surface area contributed by atoms with Crippen molar-refractivity contribution in [3.05, 3.63) is 35.6 Å². The molecule has 1 heterocycles. The van der Waals surface area contributed by atoms with Gasteiger partial charge in [-0.1, -0.05) is 12.1 Å². The van der Waals surface area contributed by atoms with Crippen LogP contribution in [0.25, 0.3) is 0 Å². The topological polar surface area (TPSA) is 23.6 Å². The minimum atomic E-state index is -0.196. The van der Waals surface area contributed by atoms with Gasteiger partial charge in [0, 0.05) is 33.1 Å². The van der Waals surface area contributed by atoms with Crippen LogP contribution in [-0.4, -0.2) is 42.9 Å². The molecule has 0 N–H and O–H groups in total. The van der Waals surface area contributed by atoms with Crippen LogP contribution in [0.4, 0.5) is 4.39 Å². The summed E-state index contributed by atoms with van der Waals surface area (Å²) in [5.41, 5.74) is 1.11. The minimum absolute atomic E-state index is 0.196. The average Bonchev–Trinajstić information content (AvgIpc) is 2.37. The van der Waals surface area contributed by atoms with Gasteiger partial charge in [-0.05, 0) is 37.1 Å².